The van der Waals surface area contributed by atoms with E-state index < -0.39 is 42.3 Å². The number of allylic oxidation sites excluding steroid dienone is 2. The number of hydrogen-bond acceptors (Lipinski definition) is 11. The van der Waals surface area contributed by atoms with Crippen molar-refractivity contribution in [3.05, 3.63) is 57.8 Å². The number of methoxy groups -OCH3 is 2. The Kier molecular flexibility index (Phi) is 11.8. The van der Waals surface area contributed by atoms with Crippen molar-refractivity contribution in [1.82, 2.24) is 4.90 Å². The molecule has 0 saturated carbocycles. The molecule has 1 fully saturated rings. The highest BCUT2D eigenvalue weighted by molar-refractivity contribution is 5.94. The Balaban J connectivity index is 1.83. The van der Waals surface area contributed by atoms with Crippen molar-refractivity contribution in [2.75, 3.05) is 40.5 Å². The zero-order chi connectivity index (χ0) is 33.5. The number of carbonyl (C=O) groups excluding carboxylic acids is 2. The van der Waals surface area contributed by atoms with Gasteiger partial charge in [0, 0.05) is 44.4 Å². The van der Waals surface area contributed by atoms with E-state index in [1.54, 1.807) is 44.2 Å². The van der Waals surface area contributed by atoms with E-state index in [1.165, 1.54) is 14.2 Å². The number of primary amides is 1. The minimum atomic E-state index is -0.981. The lowest BCUT2D eigenvalue weighted by molar-refractivity contribution is -0.114. The van der Waals surface area contributed by atoms with Crippen LogP contribution in [0.1, 0.15) is 39.7 Å². The molecule has 46 heavy (non-hydrogen) atoms. The molecule has 0 unspecified atom stereocenters. The second kappa shape index (κ2) is 15.6. The lowest BCUT2D eigenvalue weighted by atomic mass is 9.88. The molecule has 13 nitrogen and oxygen atoms in total. The second-order valence-electron chi connectivity index (χ2n) is 12.0. The molecule has 3 aliphatic rings. The molecule has 0 spiro atoms. The molecule has 0 aliphatic carbocycles. The Morgan fingerprint density at radius 2 is 1.83 bits per heavy atom. The van der Waals surface area contributed by atoms with Crippen molar-refractivity contribution in [2.45, 2.75) is 65.0 Å². The van der Waals surface area contributed by atoms with Crippen LogP contribution >= 0.6 is 0 Å². The van der Waals surface area contributed by atoms with Crippen molar-refractivity contribution in [1.29, 1.82) is 0 Å². The maximum Gasteiger partial charge on any atom is 0.405 e. The Hall–Kier alpha value is -3.91. The third-order valence-electron chi connectivity index (χ3n) is 8.46. The lowest BCUT2D eigenvalue weighted by Gasteiger charge is -2.29. The van der Waals surface area contributed by atoms with Crippen LogP contribution in [0.2, 0.25) is 0 Å². The van der Waals surface area contributed by atoms with Crippen LogP contribution in [0.4, 0.5) is 10.5 Å². The molecule has 2 bridgehead atoms. The molecule has 3 heterocycles. The molecule has 1 saturated heterocycles. The molecular formula is C33H45N5O8. The van der Waals surface area contributed by atoms with Gasteiger partial charge in [-0.2, -0.15) is 0 Å². The highest BCUT2D eigenvalue weighted by Gasteiger charge is 2.30. The minimum absolute atomic E-state index is 0.0873. The van der Waals surface area contributed by atoms with Crippen LogP contribution in [0.15, 0.2) is 56.5 Å². The van der Waals surface area contributed by atoms with Crippen LogP contribution in [0, 0.1) is 11.8 Å². The molecule has 250 valence electrons. The van der Waals surface area contributed by atoms with Crippen LogP contribution in [0.5, 0.6) is 5.75 Å². The number of benzene rings is 1. The van der Waals surface area contributed by atoms with E-state index in [0.29, 0.717) is 72.9 Å². The molecule has 2 amide bonds. The van der Waals surface area contributed by atoms with Gasteiger partial charge in [-0.3, -0.25) is 4.79 Å². The highest BCUT2D eigenvalue weighted by atomic mass is 16.6. The van der Waals surface area contributed by atoms with E-state index in [1.807, 2.05) is 18.7 Å². The fourth-order valence-corrected chi connectivity index (χ4v) is 5.89. The smallest absolute Gasteiger partial charge is 0.405 e. The topological polar surface area (TPSA) is 178 Å². The highest BCUT2D eigenvalue weighted by Crippen LogP contribution is 2.26. The molecule has 3 aliphatic heterocycles. The van der Waals surface area contributed by atoms with Gasteiger partial charge in [0.1, 0.15) is 17.2 Å². The molecule has 0 radical (unpaired) electrons. The van der Waals surface area contributed by atoms with Gasteiger partial charge in [-0.1, -0.05) is 38.2 Å². The summed E-state index contributed by atoms with van der Waals surface area (Å²) in [4.78, 5) is 40.8. The number of ether oxygens (including phenoxy) is 4. The molecule has 1 aromatic carbocycles. The van der Waals surface area contributed by atoms with Gasteiger partial charge >= 0.3 is 6.09 Å². The van der Waals surface area contributed by atoms with Crippen LogP contribution in [-0.4, -0.2) is 98.0 Å². The molecule has 13 heteroatoms. The average molecular weight is 640 g/mol. The van der Waals surface area contributed by atoms with Crippen LogP contribution in [0.3, 0.4) is 0 Å². The SMILES string of the molecule is CO[C@H]1/C=C\C=C(/C)C(=O)N=c2cc3c(c(c2O)C[C@@H](C)C[C@H](OC)[C@H](O)[C@@H](C)/C=C(\C)[C@@H]1OC(N)=O)=NC(N1CCOCC1)=N3. The van der Waals surface area contributed by atoms with Crippen LogP contribution in [0.25, 0.3) is 0 Å². The largest absolute Gasteiger partial charge is 0.505 e. The number of amides is 2. The number of aliphatic hydroxyl groups excluding tert-OH is 1. The van der Waals surface area contributed by atoms with Crippen LogP contribution in [-0.2, 0) is 30.2 Å². The van der Waals surface area contributed by atoms with Crippen molar-refractivity contribution in [2.24, 2.45) is 32.5 Å². The Labute approximate surface area is 268 Å². The van der Waals surface area contributed by atoms with Gasteiger partial charge in [0.2, 0.25) is 5.96 Å². The number of phenols is 1. The normalized spacial score (nSPS) is 30.9. The van der Waals surface area contributed by atoms with E-state index in [0.717, 1.165) is 0 Å². The van der Waals surface area contributed by atoms with Gasteiger partial charge in [0.15, 0.2) is 6.10 Å². The first kappa shape index (κ1) is 35.0. The number of carbonyl (C=O) groups is 2. The molecule has 0 aromatic heterocycles. The number of morpholine rings is 1. The van der Waals surface area contributed by atoms with Gasteiger partial charge in [-0.05, 0) is 44.2 Å². The first-order valence-corrected chi connectivity index (χ1v) is 15.4. The van der Waals surface area contributed by atoms with Gasteiger partial charge in [-0.25, -0.2) is 19.8 Å². The number of aromatic hydroxyl groups is 1. The Bertz CT molecular complexity index is 1550. The third kappa shape index (κ3) is 8.27. The van der Waals surface area contributed by atoms with Crippen LogP contribution < -0.4 is 16.4 Å². The third-order valence-corrected chi connectivity index (χ3v) is 8.46. The number of rotatable bonds is 3. The zero-order valence-electron chi connectivity index (χ0n) is 27.3. The van der Waals surface area contributed by atoms with Crippen molar-refractivity contribution >= 4 is 23.6 Å². The van der Waals surface area contributed by atoms with E-state index in [4.69, 9.17) is 34.7 Å². The molecule has 4 rings (SSSR count). The van der Waals surface area contributed by atoms with E-state index in [-0.39, 0.29) is 17.0 Å². The first-order chi connectivity index (χ1) is 21.9. The maximum atomic E-state index is 13.2. The van der Waals surface area contributed by atoms with Crippen molar-refractivity contribution in [3.63, 3.8) is 0 Å². The minimum Gasteiger partial charge on any atom is -0.505 e. The molecule has 4 N–H and O–H groups in total. The summed E-state index contributed by atoms with van der Waals surface area (Å²) in [5.74, 6) is -0.681. The van der Waals surface area contributed by atoms with E-state index in [9.17, 15) is 19.8 Å². The zero-order valence-corrected chi connectivity index (χ0v) is 27.3. The number of nitrogens with zero attached hydrogens (tertiary/aromatic N) is 4. The summed E-state index contributed by atoms with van der Waals surface area (Å²) in [6.45, 7) is 9.61. The Morgan fingerprint density at radius 1 is 1.11 bits per heavy atom. The summed E-state index contributed by atoms with van der Waals surface area (Å²) in [5, 5.41) is 23.5. The van der Waals surface area contributed by atoms with Crippen molar-refractivity contribution in [3.8, 4) is 5.75 Å². The number of hydrogen-bond donors (Lipinski definition) is 3. The predicted octanol–water partition coefficient (Wildman–Crippen LogP) is 2.01. The fourth-order valence-electron chi connectivity index (χ4n) is 5.89. The molecule has 6 atom stereocenters. The monoisotopic (exact) mass is 639 g/mol. The van der Waals surface area contributed by atoms with Gasteiger partial charge in [0.05, 0.1) is 36.5 Å². The summed E-state index contributed by atoms with van der Waals surface area (Å²) in [7, 11) is 3.00. The number of aliphatic imine (C=N–C) groups is 1. The van der Waals surface area contributed by atoms with Crippen molar-refractivity contribution < 1.29 is 38.7 Å². The lowest BCUT2D eigenvalue weighted by Crippen LogP contribution is -2.39. The summed E-state index contributed by atoms with van der Waals surface area (Å²) in [6.07, 6.45) is 3.27. The fraction of sp³-hybridized carbons (Fsp3) is 0.545. The maximum absolute atomic E-state index is 13.2. The summed E-state index contributed by atoms with van der Waals surface area (Å²) in [6, 6.07) is 1.57. The van der Waals surface area contributed by atoms with E-state index >= 15 is 0 Å². The molecular weight excluding hydrogens is 594 g/mol. The van der Waals surface area contributed by atoms with Gasteiger partial charge in [-0.15, -0.1) is 0 Å². The summed E-state index contributed by atoms with van der Waals surface area (Å²) in [5.41, 5.74) is 7.32. The summed E-state index contributed by atoms with van der Waals surface area (Å²) >= 11 is 0. The number of nitrogens with two attached hydrogens (primary N) is 1. The van der Waals surface area contributed by atoms with Gasteiger partial charge in [0.25, 0.3) is 5.91 Å². The Morgan fingerprint density at radius 3 is 2.48 bits per heavy atom. The van der Waals surface area contributed by atoms with Gasteiger partial charge < -0.3 is 39.8 Å². The summed E-state index contributed by atoms with van der Waals surface area (Å²) < 4.78 is 22.2. The number of guanidine groups is 1. The number of aliphatic hydroxyl groups is 1. The number of fused-ring (bicyclic) bond motifs is 4. The molecule has 1 aromatic rings. The predicted molar refractivity (Wildman–Crippen MR) is 170 cm³/mol. The standard InChI is InChI=1S/C33H45N5O8/c1-18-14-22-27-23(36-33(37-27)38-10-12-45-13-11-38)17-24(29(22)40)35-31(41)19(2)8-7-9-25(43-5)30(46-32(34)42)21(4)16-20(3)28(39)26(15-18)44-6/h7-9,16-18,20,25-26,28,30,39-40H,10-15H2,1-6H3,(H2,34,42)/b9-7-,19-8+,21-16+,35-24?/t18-,20+,25+,26+,28-,30+/m1/s1. The first-order valence-electron chi connectivity index (χ1n) is 15.4. The average Bonchev–Trinajstić information content (AvgIpc) is 3.46. The van der Waals surface area contributed by atoms with E-state index in [2.05, 4.69) is 4.99 Å². The second-order valence-corrected chi connectivity index (χ2v) is 12.0. The quantitative estimate of drug-likeness (QED) is 0.418. The number of phenolic OH excluding ortho intramolecular Hbond substituents is 1.